The van der Waals surface area contributed by atoms with Crippen molar-refractivity contribution >= 4 is 0 Å². The van der Waals surface area contributed by atoms with Crippen molar-refractivity contribution in [2.24, 2.45) is 47.3 Å². The van der Waals surface area contributed by atoms with E-state index in [1.54, 1.807) is 0 Å². The van der Waals surface area contributed by atoms with E-state index in [2.05, 4.69) is 13.5 Å². The van der Waals surface area contributed by atoms with Gasteiger partial charge >= 0.3 is 0 Å². The molecule has 0 N–H and O–H groups in total. The molecule has 3 heteroatoms. The van der Waals surface area contributed by atoms with Crippen LogP contribution in [-0.2, 0) is 0 Å². The highest BCUT2D eigenvalue weighted by molar-refractivity contribution is 5.04. The Kier molecular flexibility index (Phi) is 7.56. The maximum absolute atomic E-state index is 14.9. The molecule has 0 aromatic heterocycles. The topological polar surface area (TPSA) is 0 Å². The van der Waals surface area contributed by atoms with E-state index in [0.29, 0.717) is 18.8 Å². The Morgan fingerprint density at radius 1 is 0.700 bits per heavy atom. The minimum atomic E-state index is -1.40. The molecule has 0 heterocycles. The van der Waals surface area contributed by atoms with E-state index in [0.717, 1.165) is 36.5 Å². The fraction of sp³-hybridized carbons (Fsp3) is 0.926. The quantitative estimate of drug-likeness (QED) is 0.390. The molecule has 4 rings (SSSR count). The molecule has 172 valence electrons. The lowest BCUT2D eigenvalue weighted by molar-refractivity contribution is -0.0621. The number of fused-ring (bicyclic) bond motifs is 1. The molecule has 0 bridgehead atoms. The number of rotatable bonds is 5. The molecule has 30 heavy (non-hydrogen) atoms. The predicted octanol–water partition coefficient (Wildman–Crippen LogP) is 8.26. The van der Waals surface area contributed by atoms with Crippen LogP contribution in [-0.4, -0.2) is 18.5 Å². The van der Waals surface area contributed by atoms with E-state index in [1.165, 1.54) is 63.9 Å². The first-order valence-corrected chi connectivity index (χ1v) is 13.0. The lowest BCUT2D eigenvalue weighted by atomic mass is 9.61. The highest BCUT2D eigenvalue weighted by atomic mass is 19.2. The highest BCUT2D eigenvalue weighted by Gasteiger charge is 2.50. The van der Waals surface area contributed by atoms with Crippen molar-refractivity contribution in [2.45, 2.75) is 109 Å². The third-order valence-corrected chi connectivity index (χ3v) is 9.71. The molecular formula is C27H43F3. The van der Waals surface area contributed by atoms with Gasteiger partial charge in [0.15, 0.2) is 0 Å². The first-order chi connectivity index (χ1) is 14.5. The molecule has 4 aliphatic rings. The van der Waals surface area contributed by atoms with Gasteiger partial charge in [-0.2, -0.15) is 0 Å². The van der Waals surface area contributed by atoms with Gasteiger partial charge in [0, 0.05) is 11.8 Å². The molecule has 7 unspecified atom stereocenters. The molecule has 0 saturated heterocycles. The Balaban J connectivity index is 1.21. The van der Waals surface area contributed by atoms with E-state index in [-0.39, 0.29) is 5.92 Å². The minimum Gasteiger partial charge on any atom is -0.247 e. The zero-order valence-electron chi connectivity index (χ0n) is 19.0. The molecule has 4 fully saturated rings. The Bertz CT molecular complexity index is 546. The van der Waals surface area contributed by atoms with Crippen LogP contribution < -0.4 is 0 Å². The van der Waals surface area contributed by atoms with Crippen LogP contribution in [0.1, 0.15) is 90.4 Å². The third-order valence-electron chi connectivity index (χ3n) is 9.71. The van der Waals surface area contributed by atoms with Crippen LogP contribution in [0.5, 0.6) is 0 Å². The standard InChI is InChI=1S/C27H43F3/c1-3-23-24(28)16-22-14-19(15-25(29)26(22)27(23)30)7-6-18-8-12-21(13-9-18)20-10-4-17(2)5-11-20/h3,17-27H,1,4-16H2,2H3. The summed E-state index contributed by atoms with van der Waals surface area (Å²) in [7, 11) is 0. The zero-order valence-corrected chi connectivity index (χ0v) is 19.0. The molecule has 0 amide bonds. The fourth-order valence-electron chi connectivity index (χ4n) is 7.76. The zero-order chi connectivity index (χ0) is 21.3. The van der Waals surface area contributed by atoms with Gasteiger partial charge in [0.25, 0.3) is 0 Å². The molecule has 4 aliphatic carbocycles. The molecular weight excluding hydrogens is 381 g/mol. The van der Waals surface area contributed by atoms with Gasteiger partial charge in [-0.25, -0.2) is 13.2 Å². The molecule has 0 aromatic carbocycles. The summed E-state index contributed by atoms with van der Waals surface area (Å²) in [6.07, 6.45) is 12.7. The number of allylic oxidation sites excluding steroid dienone is 1. The van der Waals surface area contributed by atoms with E-state index >= 15 is 0 Å². The summed E-state index contributed by atoms with van der Waals surface area (Å²) in [5.41, 5.74) is 0. The summed E-state index contributed by atoms with van der Waals surface area (Å²) < 4.78 is 44.0. The molecule has 0 aromatic rings. The SMILES string of the molecule is C=CC1C(F)CC2CC(CCC3CCC(C4CCC(C)CC4)CC3)CC(F)C2C1F. The lowest BCUT2D eigenvalue weighted by Gasteiger charge is -2.46. The van der Waals surface area contributed by atoms with Crippen molar-refractivity contribution < 1.29 is 13.2 Å². The molecule has 0 aliphatic heterocycles. The summed E-state index contributed by atoms with van der Waals surface area (Å²) in [6.45, 7) is 5.98. The number of hydrogen-bond acceptors (Lipinski definition) is 0. The molecule has 0 radical (unpaired) electrons. The highest BCUT2D eigenvalue weighted by Crippen LogP contribution is 2.50. The summed E-state index contributed by atoms with van der Waals surface area (Å²) in [6, 6.07) is 0. The number of hydrogen-bond donors (Lipinski definition) is 0. The third kappa shape index (κ3) is 4.96. The van der Waals surface area contributed by atoms with Crippen LogP contribution in [0.25, 0.3) is 0 Å². The van der Waals surface area contributed by atoms with Crippen LogP contribution in [0.2, 0.25) is 0 Å². The molecule has 7 atom stereocenters. The van der Waals surface area contributed by atoms with Crippen LogP contribution >= 0.6 is 0 Å². The van der Waals surface area contributed by atoms with Gasteiger partial charge in [-0.05, 0) is 80.5 Å². The van der Waals surface area contributed by atoms with Crippen LogP contribution in [0, 0.1) is 47.3 Å². The Labute approximate surface area is 182 Å². The van der Waals surface area contributed by atoms with Crippen molar-refractivity contribution in [3.05, 3.63) is 12.7 Å². The van der Waals surface area contributed by atoms with Gasteiger partial charge in [0.05, 0.1) is 0 Å². The normalized spacial score (nSPS) is 49.9. The van der Waals surface area contributed by atoms with Gasteiger partial charge in [0.1, 0.15) is 18.5 Å². The van der Waals surface area contributed by atoms with Crippen LogP contribution in [0.3, 0.4) is 0 Å². The largest absolute Gasteiger partial charge is 0.247 e. The Morgan fingerprint density at radius 3 is 1.93 bits per heavy atom. The van der Waals surface area contributed by atoms with Crippen molar-refractivity contribution in [3.63, 3.8) is 0 Å². The molecule has 0 nitrogen and oxygen atoms in total. The maximum atomic E-state index is 14.9. The molecule has 4 saturated carbocycles. The van der Waals surface area contributed by atoms with E-state index in [4.69, 9.17) is 0 Å². The fourth-order valence-corrected chi connectivity index (χ4v) is 7.76. The summed E-state index contributed by atoms with van der Waals surface area (Å²) in [5, 5.41) is 0. The van der Waals surface area contributed by atoms with Crippen molar-refractivity contribution in [2.75, 3.05) is 0 Å². The number of alkyl halides is 3. The van der Waals surface area contributed by atoms with Gasteiger partial charge in [-0.3, -0.25) is 0 Å². The molecule has 0 spiro atoms. The summed E-state index contributed by atoms with van der Waals surface area (Å²) in [4.78, 5) is 0. The van der Waals surface area contributed by atoms with Crippen molar-refractivity contribution in [3.8, 4) is 0 Å². The van der Waals surface area contributed by atoms with Gasteiger partial charge < -0.3 is 0 Å². The van der Waals surface area contributed by atoms with E-state index in [9.17, 15) is 13.2 Å². The lowest BCUT2D eigenvalue weighted by Crippen LogP contribution is -2.49. The van der Waals surface area contributed by atoms with Gasteiger partial charge in [-0.1, -0.05) is 51.5 Å². The average Bonchev–Trinajstić information content (AvgIpc) is 2.73. The average molecular weight is 425 g/mol. The number of halogens is 3. The first kappa shape index (κ1) is 22.7. The Morgan fingerprint density at radius 2 is 1.30 bits per heavy atom. The van der Waals surface area contributed by atoms with Crippen LogP contribution in [0.15, 0.2) is 12.7 Å². The maximum Gasteiger partial charge on any atom is 0.115 e. The smallest absolute Gasteiger partial charge is 0.115 e. The summed E-state index contributed by atoms with van der Waals surface area (Å²) >= 11 is 0. The predicted molar refractivity (Wildman–Crippen MR) is 119 cm³/mol. The van der Waals surface area contributed by atoms with Gasteiger partial charge in [-0.15, -0.1) is 6.58 Å². The van der Waals surface area contributed by atoms with Crippen molar-refractivity contribution in [1.82, 2.24) is 0 Å². The van der Waals surface area contributed by atoms with Gasteiger partial charge in [0.2, 0.25) is 0 Å². The summed E-state index contributed by atoms with van der Waals surface area (Å²) in [5.74, 6) is 2.41. The van der Waals surface area contributed by atoms with E-state index < -0.39 is 30.4 Å². The second-order valence-electron chi connectivity index (χ2n) is 11.6. The monoisotopic (exact) mass is 424 g/mol. The second kappa shape index (κ2) is 9.99. The second-order valence-corrected chi connectivity index (χ2v) is 11.6. The minimum absolute atomic E-state index is 0.121. The first-order valence-electron chi connectivity index (χ1n) is 13.0. The Hall–Kier alpha value is -0.470. The van der Waals surface area contributed by atoms with Crippen LogP contribution in [0.4, 0.5) is 13.2 Å². The van der Waals surface area contributed by atoms with Crippen molar-refractivity contribution in [1.29, 1.82) is 0 Å². The van der Waals surface area contributed by atoms with E-state index in [1.807, 2.05) is 0 Å².